The van der Waals surface area contributed by atoms with Gasteiger partial charge in [0, 0.05) is 23.2 Å². The number of hydrogen-bond donors (Lipinski definition) is 1. The van der Waals surface area contributed by atoms with E-state index in [0.717, 1.165) is 23.1 Å². The smallest absolute Gasteiger partial charge is 0.179 e. The van der Waals surface area contributed by atoms with Gasteiger partial charge in [-0.1, -0.05) is 35.0 Å². The first-order valence-electron chi connectivity index (χ1n) is 6.24. The van der Waals surface area contributed by atoms with Crippen LogP contribution in [0.5, 0.6) is 0 Å². The van der Waals surface area contributed by atoms with Gasteiger partial charge in [0.1, 0.15) is 0 Å². The number of Topliss-reactive ketones (excluding diaryl/α,β-unsaturated/α-hetero) is 1. The highest BCUT2D eigenvalue weighted by atomic mass is 79.9. The van der Waals surface area contributed by atoms with E-state index in [9.17, 15) is 4.79 Å². The van der Waals surface area contributed by atoms with Crippen LogP contribution in [0.4, 0.5) is 0 Å². The van der Waals surface area contributed by atoms with Gasteiger partial charge in [0.05, 0.1) is 6.04 Å². The Morgan fingerprint density at radius 1 is 1.39 bits per heavy atom. The van der Waals surface area contributed by atoms with E-state index in [-0.39, 0.29) is 18.4 Å². The largest absolute Gasteiger partial charge is 0.396 e. The van der Waals surface area contributed by atoms with E-state index in [4.69, 9.17) is 5.11 Å². The molecule has 18 heavy (non-hydrogen) atoms. The number of hydrogen-bond acceptors (Lipinski definition) is 3. The van der Waals surface area contributed by atoms with Crippen LogP contribution < -0.4 is 0 Å². The standard InChI is InChI=1S/C14H20BrNO2/c1-3-16(9-4-10-17)11(2)14(18)12-5-7-13(15)8-6-12/h5-8,11,17H,3-4,9-10H2,1-2H3. The zero-order valence-electron chi connectivity index (χ0n) is 10.9. The van der Waals surface area contributed by atoms with E-state index < -0.39 is 0 Å². The SMILES string of the molecule is CCN(CCCO)C(C)C(=O)c1ccc(Br)cc1. The molecule has 0 aliphatic heterocycles. The van der Waals surface area contributed by atoms with Gasteiger partial charge in [-0.25, -0.2) is 0 Å². The van der Waals surface area contributed by atoms with Gasteiger partial charge in [-0.05, 0) is 32.0 Å². The van der Waals surface area contributed by atoms with E-state index in [1.807, 2.05) is 38.1 Å². The maximum Gasteiger partial charge on any atom is 0.179 e. The molecule has 1 atom stereocenters. The van der Waals surface area contributed by atoms with Crippen molar-refractivity contribution in [3.05, 3.63) is 34.3 Å². The van der Waals surface area contributed by atoms with E-state index in [0.29, 0.717) is 6.42 Å². The average molecular weight is 314 g/mol. The highest BCUT2D eigenvalue weighted by Crippen LogP contribution is 2.14. The minimum absolute atomic E-state index is 0.127. The summed E-state index contributed by atoms with van der Waals surface area (Å²) in [4.78, 5) is 14.4. The van der Waals surface area contributed by atoms with E-state index in [1.165, 1.54) is 0 Å². The Hall–Kier alpha value is -0.710. The summed E-state index contributed by atoms with van der Waals surface area (Å²) in [6.07, 6.45) is 0.700. The first-order valence-corrected chi connectivity index (χ1v) is 7.04. The molecule has 1 rings (SSSR count). The lowest BCUT2D eigenvalue weighted by molar-refractivity contribution is 0.0834. The second-order valence-electron chi connectivity index (χ2n) is 4.25. The van der Waals surface area contributed by atoms with Crippen LogP contribution in [0, 0.1) is 0 Å². The lowest BCUT2D eigenvalue weighted by Crippen LogP contribution is -2.39. The molecule has 0 bridgehead atoms. The predicted octanol–water partition coefficient (Wildman–Crippen LogP) is 2.72. The first-order chi connectivity index (χ1) is 8.60. The van der Waals surface area contributed by atoms with Gasteiger partial charge in [0.15, 0.2) is 5.78 Å². The number of ketones is 1. The number of likely N-dealkylation sites (N-methyl/N-ethyl adjacent to an activating group) is 1. The fourth-order valence-electron chi connectivity index (χ4n) is 1.92. The second-order valence-corrected chi connectivity index (χ2v) is 5.17. The molecule has 0 amide bonds. The molecular formula is C14H20BrNO2. The van der Waals surface area contributed by atoms with E-state index in [1.54, 1.807) is 0 Å². The molecular weight excluding hydrogens is 294 g/mol. The normalized spacial score (nSPS) is 12.7. The monoisotopic (exact) mass is 313 g/mol. The molecule has 4 heteroatoms. The maximum absolute atomic E-state index is 12.3. The summed E-state index contributed by atoms with van der Waals surface area (Å²) < 4.78 is 0.972. The molecule has 0 spiro atoms. The molecule has 100 valence electrons. The highest BCUT2D eigenvalue weighted by Gasteiger charge is 2.20. The number of aliphatic hydroxyl groups is 1. The minimum atomic E-state index is -0.150. The Bertz CT molecular complexity index is 378. The van der Waals surface area contributed by atoms with Crippen molar-refractivity contribution in [1.29, 1.82) is 0 Å². The maximum atomic E-state index is 12.3. The van der Waals surface area contributed by atoms with E-state index in [2.05, 4.69) is 20.8 Å². The van der Waals surface area contributed by atoms with Gasteiger partial charge in [0.25, 0.3) is 0 Å². The topological polar surface area (TPSA) is 40.5 Å². The Balaban J connectivity index is 2.72. The average Bonchev–Trinajstić information content (AvgIpc) is 2.39. The Morgan fingerprint density at radius 3 is 2.50 bits per heavy atom. The van der Waals surface area contributed by atoms with Gasteiger partial charge in [-0.3, -0.25) is 9.69 Å². The lowest BCUT2D eigenvalue weighted by Gasteiger charge is -2.26. The van der Waals surface area contributed by atoms with Crippen LogP contribution in [0.1, 0.15) is 30.6 Å². The Morgan fingerprint density at radius 2 is 2.00 bits per heavy atom. The molecule has 0 fully saturated rings. The first kappa shape index (κ1) is 15.3. The van der Waals surface area contributed by atoms with Crippen molar-refractivity contribution in [2.75, 3.05) is 19.7 Å². The third-order valence-electron chi connectivity index (χ3n) is 3.07. The van der Waals surface area contributed by atoms with Crippen molar-refractivity contribution in [2.45, 2.75) is 26.3 Å². The number of nitrogens with zero attached hydrogens (tertiary/aromatic N) is 1. The number of benzene rings is 1. The summed E-state index contributed by atoms with van der Waals surface area (Å²) in [7, 11) is 0. The number of carbonyl (C=O) groups is 1. The molecule has 0 aromatic heterocycles. The summed E-state index contributed by atoms with van der Waals surface area (Å²) in [6.45, 7) is 5.67. The van der Waals surface area contributed by atoms with Crippen LogP contribution in [0.15, 0.2) is 28.7 Å². The van der Waals surface area contributed by atoms with Gasteiger partial charge in [-0.15, -0.1) is 0 Å². The second kappa shape index (κ2) is 7.67. The zero-order chi connectivity index (χ0) is 13.5. The molecule has 3 nitrogen and oxygen atoms in total. The number of aliphatic hydroxyl groups excluding tert-OH is 1. The Labute approximate surface area is 117 Å². The molecule has 0 radical (unpaired) electrons. The molecule has 1 unspecified atom stereocenters. The van der Waals surface area contributed by atoms with Crippen LogP contribution in [-0.2, 0) is 0 Å². The van der Waals surface area contributed by atoms with E-state index >= 15 is 0 Å². The third kappa shape index (κ3) is 4.19. The quantitative estimate of drug-likeness (QED) is 0.787. The van der Waals surface area contributed by atoms with Gasteiger partial charge < -0.3 is 5.11 Å². The van der Waals surface area contributed by atoms with Gasteiger partial charge in [0.2, 0.25) is 0 Å². The summed E-state index contributed by atoms with van der Waals surface area (Å²) in [5.74, 6) is 0.127. The minimum Gasteiger partial charge on any atom is -0.396 e. The molecule has 1 N–H and O–H groups in total. The molecule has 0 aliphatic rings. The number of halogens is 1. The molecule has 0 aliphatic carbocycles. The van der Waals surface area contributed by atoms with Gasteiger partial charge in [-0.2, -0.15) is 0 Å². The number of rotatable bonds is 7. The number of carbonyl (C=O) groups excluding carboxylic acids is 1. The van der Waals surface area contributed by atoms with Crippen LogP contribution in [-0.4, -0.2) is 41.5 Å². The van der Waals surface area contributed by atoms with Crippen molar-refractivity contribution in [1.82, 2.24) is 4.90 Å². The Kier molecular flexibility index (Phi) is 6.54. The van der Waals surface area contributed by atoms with Crippen molar-refractivity contribution in [3.8, 4) is 0 Å². The molecule has 0 heterocycles. The summed E-state index contributed by atoms with van der Waals surface area (Å²) >= 11 is 3.36. The molecule has 1 aromatic carbocycles. The molecule has 0 saturated heterocycles. The highest BCUT2D eigenvalue weighted by molar-refractivity contribution is 9.10. The third-order valence-corrected chi connectivity index (χ3v) is 3.59. The predicted molar refractivity (Wildman–Crippen MR) is 76.9 cm³/mol. The van der Waals surface area contributed by atoms with Crippen molar-refractivity contribution < 1.29 is 9.90 Å². The van der Waals surface area contributed by atoms with Crippen molar-refractivity contribution in [3.63, 3.8) is 0 Å². The van der Waals surface area contributed by atoms with Crippen LogP contribution >= 0.6 is 15.9 Å². The fourth-order valence-corrected chi connectivity index (χ4v) is 2.18. The van der Waals surface area contributed by atoms with Gasteiger partial charge >= 0.3 is 0 Å². The van der Waals surface area contributed by atoms with Crippen LogP contribution in [0.2, 0.25) is 0 Å². The lowest BCUT2D eigenvalue weighted by atomic mass is 10.0. The molecule has 0 saturated carbocycles. The fraction of sp³-hybridized carbons (Fsp3) is 0.500. The van der Waals surface area contributed by atoms with Crippen LogP contribution in [0.3, 0.4) is 0 Å². The summed E-state index contributed by atoms with van der Waals surface area (Å²) in [5.41, 5.74) is 0.730. The van der Waals surface area contributed by atoms with Crippen molar-refractivity contribution in [2.24, 2.45) is 0 Å². The molecule has 1 aromatic rings. The zero-order valence-corrected chi connectivity index (χ0v) is 12.5. The van der Waals surface area contributed by atoms with Crippen LogP contribution in [0.25, 0.3) is 0 Å². The summed E-state index contributed by atoms with van der Waals surface area (Å²) in [6, 6.07) is 7.28. The summed E-state index contributed by atoms with van der Waals surface area (Å²) in [5, 5.41) is 8.86. The van der Waals surface area contributed by atoms with Crippen molar-refractivity contribution >= 4 is 21.7 Å².